The largest absolute Gasteiger partial charge is 0.375 e. The number of anilines is 2. The summed E-state index contributed by atoms with van der Waals surface area (Å²) in [6, 6.07) is 6.06. The molecule has 0 radical (unpaired) electrons. The van der Waals surface area contributed by atoms with Crippen molar-refractivity contribution in [2.24, 2.45) is 0 Å². The summed E-state index contributed by atoms with van der Waals surface area (Å²) in [5, 5.41) is 0. The number of hydrogen-bond donors (Lipinski definition) is 0. The van der Waals surface area contributed by atoms with E-state index in [2.05, 4.69) is 17.9 Å². The molecule has 0 spiro atoms. The van der Waals surface area contributed by atoms with Crippen molar-refractivity contribution < 1.29 is 9.53 Å². The van der Waals surface area contributed by atoms with Crippen LogP contribution < -0.4 is 9.80 Å². The molecule has 5 heteroatoms. The van der Waals surface area contributed by atoms with Gasteiger partial charge in [-0.15, -0.1) is 11.6 Å². The topological polar surface area (TPSA) is 32.8 Å². The first-order valence-corrected chi connectivity index (χ1v) is 8.40. The Hall–Kier alpha value is -1.26. The minimum Gasteiger partial charge on any atom is -0.375 e. The molecule has 0 aliphatic carbocycles. The first-order chi connectivity index (χ1) is 10.6. The number of carbonyl (C=O) groups is 1. The third kappa shape index (κ3) is 3.93. The highest BCUT2D eigenvalue weighted by molar-refractivity contribution is 6.17. The molecular formula is C17H25ClN2O2. The van der Waals surface area contributed by atoms with Crippen LogP contribution in [-0.2, 0) is 15.4 Å². The molecule has 1 fully saturated rings. The van der Waals surface area contributed by atoms with Crippen LogP contribution in [0.3, 0.4) is 0 Å². The fourth-order valence-corrected chi connectivity index (χ4v) is 3.03. The van der Waals surface area contributed by atoms with E-state index in [0.29, 0.717) is 12.0 Å². The SMILES string of the molecule is CCCC1CN(c2ccc(N(C)C(C)=O)cc2CCl)CCO1. The quantitative estimate of drug-likeness (QED) is 0.778. The van der Waals surface area contributed by atoms with E-state index in [0.717, 1.165) is 49.5 Å². The Labute approximate surface area is 138 Å². The molecule has 0 N–H and O–H groups in total. The van der Waals surface area contributed by atoms with Gasteiger partial charge in [0.1, 0.15) is 0 Å². The molecular weight excluding hydrogens is 300 g/mol. The summed E-state index contributed by atoms with van der Waals surface area (Å²) in [7, 11) is 1.78. The zero-order valence-electron chi connectivity index (χ0n) is 13.6. The van der Waals surface area contributed by atoms with Gasteiger partial charge in [-0.3, -0.25) is 4.79 Å². The molecule has 0 aromatic heterocycles. The van der Waals surface area contributed by atoms with Gasteiger partial charge in [0.05, 0.1) is 12.7 Å². The van der Waals surface area contributed by atoms with E-state index in [-0.39, 0.29) is 5.91 Å². The number of ether oxygens (including phenoxy) is 1. The van der Waals surface area contributed by atoms with Crippen LogP contribution >= 0.6 is 11.6 Å². The zero-order chi connectivity index (χ0) is 16.1. The number of amides is 1. The van der Waals surface area contributed by atoms with E-state index in [4.69, 9.17) is 16.3 Å². The Balaban J connectivity index is 2.21. The minimum absolute atomic E-state index is 0.0163. The Morgan fingerprint density at radius 1 is 1.50 bits per heavy atom. The number of carbonyl (C=O) groups excluding carboxylic acids is 1. The molecule has 1 aromatic rings. The highest BCUT2D eigenvalue weighted by Crippen LogP contribution is 2.29. The van der Waals surface area contributed by atoms with Gasteiger partial charge in [-0.05, 0) is 30.2 Å². The summed E-state index contributed by atoms with van der Waals surface area (Å²) < 4.78 is 5.81. The Morgan fingerprint density at radius 2 is 2.27 bits per heavy atom. The number of benzene rings is 1. The molecule has 1 aromatic carbocycles. The standard InChI is InChI=1S/C17H25ClN2O2/c1-4-5-16-12-20(8-9-22-16)17-7-6-15(10-14(17)11-18)19(3)13(2)21/h6-7,10,16H,4-5,8-9,11-12H2,1-3H3. The molecule has 1 amide bonds. The molecule has 22 heavy (non-hydrogen) atoms. The monoisotopic (exact) mass is 324 g/mol. The van der Waals surface area contributed by atoms with Crippen LogP contribution in [-0.4, -0.2) is 38.8 Å². The predicted molar refractivity (Wildman–Crippen MR) is 91.9 cm³/mol. The fourth-order valence-electron chi connectivity index (χ4n) is 2.81. The second-order valence-corrected chi connectivity index (χ2v) is 6.02. The lowest BCUT2D eigenvalue weighted by atomic mass is 10.1. The Kier molecular flexibility index (Phi) is 6.09. The fraction of sp³-hybridized carbons (Fsp3) is 0.588. The van der Waals surface area contributed by atoms with Gasteiger partial charge >= 0.3 is 0 Å². The Bertz CT molecular complexity index is 519. The van der Waals surface area contributed by atoms with Crippen molar-refractivity contribution in [3.05, 3.63) is 23.8 Å². The van der Waals surface area contributed by atoms with Crippen molar-refractivity contribution in [1.82, 2.24) is 0 Å². The highest BCUT2D eigenvalue weighted by Gasteiger charge is 2.22. The molecule has 0 bridgehead atoms. The van der Waals surface area contributed by atoms with Crippen molar-refractivity contribution >= 4 is 28.9 Å². The van der Waals surface area contributed by atoms with Crippen molar-refractivity contribution in [2.45, 2.75) is 38.7 Å². The average molecular weight is 325 g/mol. The number of alkyl halides is 1. The smallest absolute Gasteiger partial charge is 0.223 e. The molecule has 4 nitrogen and oxygen atoms in total. The molecule has 1 unspecified atom stereocenters. The summed E-state index contributed by atoms with van der Waals surface area (Å²) in [5.41, 5.74) is 3.09. The van der Waals surface area contributed by atoms with Crippen molar-refractivity contribution in [3.8, 4) is 0 Å². The average Bonchev–Trinajstić information content (AvgIpc) is 2.54. The number of nitrogens with zero attached hydrogens (tertiary/aromatic N) is 2. The number of hydrogen-bond acceptors (Lipinski definition) is 3. The van der Waals surface area contributed by atoms with Gasteiger partial charge in [-0.2, -0.15) is 0 Å². The molecule has 1 saturated heterocycles. The van der Waals surface area contributed by atoms with E-state index in [9.17, 15) is 4.79 Å². The lowest BCUT2D eigenvalue weighted by molar-refractivity contribution is -0.116. The van der Waals surface area contributed by atoms with Crippen molar-refractivity contribution in [1.29, 1.82) is 0 Å². The lowest BCUT2D eigenvalue weighted by Gasteiger charge is -2.35. The third-order valence-electron chi connectivity index (χ3n) is 4.16. The zero-order valence-corrected chi connectivity index (χ0v) is 14.4. The van der Waals surface area contributed by atoms with Crippen molar-refractivity contribution in [2.75, 3.05) is 36.5 Å². The molecule has 1 aliphatic heterocycles. The van der Waals surface area contributed by atoms with E-state index >= 15 is 0 Å². The van der Waals surface area contributed by atoms with Crippen LogP contribution in [0.25, 0.3) is 0 Å². The van der Waals surface area contributed by atoms with Crippen LogP contribution in [0.2, 0.25) is 0 Å². The summed E-state index contributed by atoms with van der Waals surface area (Å²) in [5.74, 6) is 0.452. The maximum atomic E-state index is 11.5. The van der Waals surface area contributed by atoms with Crippen molar-refractivity contribution in [3.63, 3.8) is 0 Å². The van der Waals surface area contributed by atoms with Crippen LogP contribution in [0.4, 0.5) is 11.4 Å². The number of morpholine rings is 1. The van der Waals surface area contributed by atoms with E-state index in [1.807, 2.05) is 12.1 Å². The predicted octanol–water partition coefficient (Wildman–Crippen LogP) is 3.41. The van der Waals surface area contributed by atoms with E-state index in [1.54, 1.807) is 18.9 Å². The molecule has 0 saturated carbocycles. The van der Waals surface area contributed by atoms with E-state index in [1.165, 1.54) is 0 Å². The van der Waals surface area contributed by atoms with Gasteiger partial charge in [0.25, 0.3) is 0 Å². The number of halogens is 1. The summed E-state index contributed by atoms with van der Waals surface area (Å²) >= 11 is 6.14. The maximum absolute atomic E-state index is 11.5. The second-order valence-electron chi connectivity index (χ2n) is 5.75. The minimum atomic E-state index is 0.0163. The highest BCUT2D eigenvalue weighted by atomic mass is 35.5. The van der Waals surface area contributed by atoms with Gasteiger partial charge in [-0.25, -0.2) is 0 Å². The van der Waals surface area contributed by atoms with Gasteiger partial charge in [0, 0.05) is 44.3 Å². The Morgan fingerprint density at radius 3 is 2.91 bits per heavy atom. The van der Waals surface area contributed by atoms with Gasteiger partial charge < -0.3 is 14.5 Å². The van der Waals surface area contributed by atoms with Crippen LogP contribution in [0.5, 0.6) is 0 Å². The number of rotatable bonds is 5. The summed E-state index contributed by atoms with van der Waals surface area (Å²) in [4.78, 5) is 15.5. The summed E-state index contributed by atoms with van der Waals surface area (Å²) in [6.07, 6.45) is 2.50. The third-order valence-corrected chi connectivity index (χ3v) is 4.44. The first-order valence-electron chi connectivity index (χ1n) is 7.86. The molecule has 1 atom stereocenters. The molecule has 122 valence electrons. The van der Waals surface area contributed by atoms with Gasteiger partial charge in [-0.1, -0.05) is 13.3 Å². The molecule has 1 heterocycles. The van der Waals surface area contributed by atoms with Crippen LogP contribution in [0.15, 0.2) is 18.2 Å². The summed E-state index contributed by atoms with van der Waals surface area (Å²) in [6.45, 7) is 6.28. The molecule has 2 rings (SSSR count). The normalized spacial score (nSPS) is 18.4. The van der Waals surface area contributed by atoms with Gasteiger partial charge in [0.15, 0.2) is 0 Å². The van der Waals surface area contributed by atoms with Gasteiger partial charge in [0.2, 0.25) is 5.91 Å². The second kappa shape index (κ2) is 7.84. The maximum Gasteiger partial charge on any atom is 0.223 e. The molecule has 1 aliphatic rings. The lowest BCUT2D eigenvalue weighted by Crippen LogP contribution is -2.42. The first kappa shape index (κ1) is 17.1. The van der Waals surface area contributed by atoms with Crippen LogP contribution in [0.1, 0.15) is 32.3 Å². The van der Waals surface area contributed by atoms with E-state index < -0.39 is 0 Å². The van der Waals surface area contributed by atoms with Crippen LogP contribution in [0, 0.1) is 0 Å².